The molecule has 1 rings (SSSR count). The minimum atomic E-state index is -3.89. The highest BCUT2D eigenvalue weighted by atomic mass is 35.6. The average molecular weight is 360 g/mol. The first kappa shape index (κ1) is 17.5. The molecule has 1 aromatic carbocycles. The van der Waals surface area contributed by atoms with E-state index in [9.17, 15) is 8.42 Å². The standard InChI is InChI=1S/C11H13Cl3N2O3S/c1-8(2)15-19-10(11(12,13)14)16-20(17,18)9-6-4-3-5-7-9/h3-7,10,16H,1-2H3. The maximum atomic E-state index is 12.1. The summed E-state index contributed by atoms with van der Waals surface area (Å²) in [6.45, 7) is 3.31. The Morgan fingerprint density at radius 2 is 1.80 bits per heavy atom. The first-order chi connectivity index (χ1) is 9.13. The van der Waals surface area contributed by atoms with Crippen LogP contribution in [0, 0.1) is 0 Å². The first-order valence-corrected chi connectivity index (χ1v) is 8.06. The van der Waals surface area contributed by atoms with E-state index in [4.69, 9.17) is 39.6 Å². The van der Waals surface area contributed by atoms with Gasteiger partial charge in [0.1, 0.15) is 0 Å². The maximum Gasteiger partial charge on any atom is 0.244 e. The summed E-state index contributed by atoms with van der Waals surface area (Å²) in [5.41, 5.74) is 0.545. The van der Waals surface area contributed by atoms with Crippen LogP contribution in [-0.4, -0.2) is 24.1 Å². The molecule has 0 saturated carbocycles. The Morgan fingerprint density at radius 1 is 1.25 bits per heavy atom. The highest BCUT2D eigenvalue weighted by molar-refractivity contribution is 7.89. The molecular weight excluding hydrogens is 347 g/mol. The molecule has 0 amide bonds. The van der Waals surface area contributed by atoms with Gasteiger partial charge in [0, 0.05) is 0 Å². The highest BCUT2D eigenvalue weighted by Gasteiger charge is 2.38. The number of hydrogen-bond acceptors (Lipinski definition) is 4. The summed E-state index contributed by atoms with van der Waals surface area (Å²) in [5.74, 6) is 0. The molecule has 0 aromatic heterocycles. The van der Waals surface area contributed by atoms with Gasteiger partial charge < -0.3 is 4.84 Å². The van der Waals surface area contributed by atoms with Crippen molar-refractivity contribution < 1.29 is 13.3 Å². The Labute approximate surface area is 132 Å². The molecule has 5 nitrogen and oxygen atoms in total. The highest BCUT2D eigenvalue weighted by Crippen LogP contribution is 2.32. The predicted molar refractivity (Wildman–Crippen MR) is 80.7 cm³/mol. The van der Waals surface area contributed by atoms with Crippen LogP contribution in [0.1, 0.15) is 13.8 Å². The summed E-state index contributed by atoms with van der Waals surface area (Å²) in [6, 6.07) is 7.66. The van der Waals surface area contributed by atoms with Gasteiger partial charge in [-0.3, -0.25) is 0 Å². The van der Waals surface area contributed by atoms with Gasteiger partial charge in [-0.2, -0.15) is 4.72 Å². The molecular formula is C11H13Cl3N2O3S. The number of hydrogen-bond donors (Lipinski definition) is 1. The minimum Gasteiger partial charge on any atom is -0.371 e. The lowest BCUT2D eigenvalue weighted by atomic mass is 10.4. The van der Waals surface area contributed by atoms with Gasteiger partial charge in [-0.05, 0) is 26.0 Å². The normalized spacial score (nSPS) is 13.7. The van der Waals surface area contributed by atoms with Crippen molar-refractivity contribution in [3.05, 3.63) is 30.3 Å². The SMILES string of the molecule is CC(C)=NOC(NS(=O)(=O)c1ccccc1)C(Cl)(Cl)Cl. The van der Waals surface area contributed by atoms with Crippen LogP contribution >= 0.6 is 34.8 Å². The third kappa shape index (κ3) is 5.46. The van der Waals surface area contributed by atoms with Crippen LogP contribution in [0.4, 0.5) is 0 Å². The van der Waals surface area contributed by atoms with E-state index in [1.807, 2.05) is 0 Å². The molecule has 0 radical (unpaired) electrons. The fourth-order valence-corrected chi connectivity index (χ4v) is 2.75. The third-order valence-electron chi connectivity index (χ3n) is 1.95. The molecule has 0 spiro atoms. The Kier molecular flexibility index (Phi) is 6.09. The monoisotopic (exact) mass is 358 g/mol. The van der Waals surface area contributed by atoms with E-state index < -0.39 is 20.0 Å². The molecule has 0 saturated heterocycles. The van der Waals surface area contributed by atoms with Crippen LogP contribution in [-0.2, 0) is 14.9 Å². The minimum absolute atomic E-state index is 0.0278. The Morgan fingerprint density at radius 3 is 2.25 bits per heavy atom. The molecule has 1 aromatic rings. The lowest BCUT2D eigenvalue weighted by molar-refractivity contribution is 0.0537. The number of rotatable bonds is 5. The number of sulfonamides is 1. The largest absolute Gasteiger partial charge is 0.371 e. The topological polar surface area (TPSA) is 67.8 Å². The zero-order valence-electron chi connectivity index (χ0n) is 10.7. The smallest absolute Gasteiger partial charge is 0.244 e. The molecule has 20 heavy (non-hydrogen) atoms. The lowest BCUT2D eigenvalue weighted by Crippen LogP contribution is -2.44. The van der Waals surface area contributed by atoms with E-state index in [1.54, 1.807) is 32.0 Å². The van der Waals surface area contributed by atoms with Crippen LogP contribution in [0.5, 0.6) is 0 Å². The van der Waals surface area contributed by atoms with Crippen molar-refractivity contribution in [2.24, 2.45) is 5.16 Å². The second-order valence-corrected chi connectivity index (χ2v) is 8.08. The van der Waals surface area contributed by atoms with E-state index >= 15 is 0 Å². The molecule has 1 atom stereocenters. The number of benzene rings is 1. The summed E-state index contributed by atoms with van der Waals surface area (Å²) < 4.78 is 24.4. The Hall–Kier alpha value is -0.530. The number of alkyl halides is 3. The maximum absolute atomic E-state index is 12.1. The van der Waals surface area contributed by atoms with Gasteiger partial charge in [0.2, 0.25) is 20.0 Å². The van der Waals surface area contributed by atoms with Gasteiger partial charge >= 0.3 is 0 Å². The second-order valence-electron chi connectivity index (χ2n) is 4.00. The van der Waals surface area contributed by atoms with Crippen LogP contribution in [0.25, 0.3) is 0 Å². The van der Waals surface area contributed by atoms with Crippen molar-refractivity contribution >= 4 is 50.5 Å². The van der Waals surface area contributed by atoms with Crippen molar-refractivity contribution in [2.75, 3.05) is 0 Å². The summed E-state index contributed by atoms with van der Waals surface area (Å²) in [5, 5.41) is 3.61. The molecule has 1 N–H and O–H groups in total. The van der Waals surface area contributed by atoms with Gasteiger partial charge in [-0.25, -0.2) is 8.42 Å². The Balaban J connectivity index is 2.98. The van der Waals surface area contributed by atoms with Crippen molar-refractivity contribution in [3.8, 4) is 0 Å². The predicted octanol–water partition coefficient (Wildman–Crippen LogP) is 3.07. The third-order valence-corrected chi connectivity index (χ3v) is 3.97. The van der Waals surface area contributed by atoms with Crippen molar-refractivity contribution in [1.82, 2.24) is 4.72 Å². The molecule has 0 aliphatic heterocycles. The quantitative estimate of drug-likeness (QED) is 0.380. The van der Waals surface area contributed by atoms with E-state index in [0.29, 0.717) is 5.71 Å². The summed E-state index contributed by atoms with van der Waals surface area (Å²) >= 11 is 17.1. The van der Waals surface area contributed by atoms with Crippen LogP contribution in [0.2, 0.25) is 0 Å². The first-order valence-electron chi connectivity index (χ1n) is 5.44. The molecule has 112 valence electrons. The van der Waals surface area contributed by atoms with Crippen molar-refractivity contribution in [1.29, 1.82) is 0 Å². The summed E-state index contributed by atoms with van der Waals surface area (Å²) in [4.78, 5) is 4.96. The molecule has 1 unspecified atom stereocenters. The van der Waals surface area contributed by atoms with Gasteiger partial charge in [0.25, 0.3) is 0 Å². The lowest BCUT2D eigenvalue weighted by Gasteiger charge is -2.23. The number of oxime groups is 1. The number of halogens is 3. The van der Waals surface area contributed by atoms with Crippen LogP contribution in [0.3, 0.4) is 0 Å². The van der Waals surface area contributed by atoms with Crippen LogP contribution < -0.4 is 4.72 Å². The van der Waals surface area contributed by atoms with Gasteiger partial charge in [0.05, 0.1) is 10.6 Å². The molecule has 0 heterocycles. The summed E-state index contributed by atoms with van der Waals surface area (Å²) in [7, 11) is -3.89. The van der Waals surface area contributed by atoms with E-state index in [-0.39, 0.29) is 4.90 Å². The zero-order valence-corrected chi connectivity index (χ0v) is 13.8. The van der Waals surface area contributed by atoms with Gasteiger partial charge in [0.15, 0.2) is 0 Å². The number of nitrogens with zero attached hydrogens (tertiary/aromatic N) is 1. The molecule has 0 fully saturated rings. The zero-order chi connectivity index (χ0) is 15.4. The van der Waals surface area contributed by atoms with Crippen molar-refractivity contribution in [2.45, 2.75) is 28.8 Å². The molecule has 9 heteroatoms. The average Bonchev–Trinajstić information content (AvgIpc) is 2.34. The second kappa shape index (κ2) is 6.95. The fraction of sp³-hybridized carbons (Fsp3) is 0.364. The molecule has 0 aliphatic carbocycles. The van der Waals surface area contributed by atoms with Crippen LogP contribution in [0.15, 0.2) is 40.4 Å². The molecule has 0 aliphatic rings. The van der Waals surface area contributed by atoms with E-state index in [2.05, 4.69) is 9.88 Å². The van der Waals surface area contributed by atoms with E-state index in [0.717, 1.165) is 0 Å². The fourth-order valence-electron chi connectivity index (χ4n) is 1.11. The number of nitrogens with one attached hydrogen (secondary N) is 1. The Bertz CT molecular complexity index is 566. The van der Waals surface area contributed by atoms with Gasteiger partial charge in [-0.15, -0.1) is 0 Å². The summed E-state index contributed by atoms with van der Waals surface area (Å²) in [6.07, 6.45) is -1.45. The van der Waals surface area contributed by atoms with Gasteiger partial charge in [-0.1, -0.05) is 58.2 Å². The van der Waals surface area contributed by atoms with Crippen molar-refractivity contribution in [3.63, 3.8) is 0 Å². The van der Waals surface area contributed by atoms with E-state index in [1.165, 1.54) is 12.1 Å². The molecule has 0 bridgehead atoms.